The van der Waals surface area contributed by atoms with E-state index in [-0.39, 0.29) is 25.5 Å². The predicted octanol–water partition coefficient (Wildman–Crippen LogP) is 4.77. The molecule has 0 unspecified atom stereocenters. The molecule has 3 aromatic rings. The Morgan fingerprint density at radius 3 is 2.31 bits per heavy atom. The van der Waals surface area contributed by atoms with Crippen molar-refractivity contribution in [2.45, 2.75) is 38.8 Å². The maximum Gasteiger partial charge on any atom is 0.261 e. The highest BCUT2D eigenvalue weighted by Gasteiger charge is 2.31. The Bertz CT molecular complexity index is 1120. The van der Waals surface area contributed by atoms with Gasteiger partial charge in [0.15, 0.2) is 18.1 Å². The second-order valence-electron chi connectivity index (χ2n) is 8.40. The number of amides is 2. The number of benzene rings is 3. The molecule has 0 aromatic heterocycles. The average Bonchev–Trinajstić information content (AvgIpc) is 2.91. The Morgan fingerprint density at radius 1 is 0.944 bits per heavy atom. The molecule has 0 fully saturated rings. The van der Waals surface area contributed by atoms with Crippen molar-refractivity contribution in [3.63, 3.8) is 0 Å². The lowest BCUT2D eigenvalue weighted by Crippen LogP contribution is -2.52. The van der Waals surface area contributed by atoms with Crippen molar-refractivity contribution in [2.24, 2.45) is 0 Å². The summed E-state index contributed by atoms with van der Waals surface area (Å²) in [6, 6.07) is 21.9. The predicted molar refractivity (Wildman–Crippen MR) is 137 cm³/mol. The molecule has 36 heavy (non-hydrogen) atoms. The second kappa shape index (κ2) is 13.9. The number of nitrogens with zero attached hydrogens (tertiary/aromatic N) is 1. The maximum absolute atomic E-state index is 14.6. The molecule has 0 saturated carbocycles. The van der Waals surface area contributed by atoms with Gasteiger partial charge in [0, 0.05) is 25.1 Å². The molecule has 0 spiro atoms. The molecule has 0 saturated heterocycles. The second-order valence-corrected chi connectivity index (χ2v) is 8.40. The molecule has 6 nitrogen and oxygen atoms in total. The van der Waals surface area contributed by atoms with E-state index in [1.54, 1.807) is 42.5 Å². The number of halogens is 1. The van der Waals surface area contributed by atoms with Crippen LogP contribution in [-0.4, -0.2) is 43.0 Å². The minimum atomic E-state index is -0.849. The molecule has 1 N–H and O–H groups in total. The number of carbonyl (C=O) groups excluding carboxylic acids is 2. The molecule has 0 aliphatic rings. The molecule has 0 bridgehead atoms. The zero-order valence-electron chi connectivity index (χ0n) is 20.8. The summed E-state index contributed by atoms with van der Waals surface area (Å²) in [5.74, 6) is -0.258. The van der Waals surface area contributed by atoms with Crippen LogP contribution >= 0.6 is 0 Å². The summed E-state index contributed by atoms with van der Waals surface area (Å²) < 4.78 is 25.7. The van der Waals surface area contributed by atoms with E-state index in [9.17, 15) is 14.0 Å². The van der Waals surface area contributed by atoms with Crippen LogP contribution in [0.15, 0.2) is 78.9 Å². The van der Waals surface area contributed by atoms with Crippen LogP contribution in [-0.2, 0) is 22.6 Å². The first-order chi connectivity index (χ1) is 17.5. The highest BCUT2D eigenvalue weighted by atomic mass is 19.1. The lowest BCUT2D eigenvalue weighted by molar-refractivity contribution is -0.142. The molecular weight excluding hydrogens is 459 g/mol. The Labute approximate surface area is 212 Å². The normalized spacial score (nSPS) is 11.4. The van der Waals surface area contributed by atoms with Crippen molar-refractivity contribution in [1.29, 1.82) is 0 Å². The first-order valence-electron chi connectivity index (χ1n) is 12.1. The summed E-state index contributed by atoms with van der Waals surface area (Å²) in [5.41, 5.74) is 1.22. The molecule has 3 rings (SSSR count). The minimum absolute atomic E-state index is 0.0700. The summed E-state index contributed by atoms with van der Waals surface area (Å²) >= 11 is 0. The van der Waals surface area contributed by atoms with E-state index in [0.29, 0.717) is 23.6 Å². The van der Waals surface area contributed by atoms with Gasteiger partial charge in [-0.05, 0) is 30.2 Å². The largest absolute Gasteiger partial charge is 0.493 e. The maximum atomic E-state index is 14.6. The minimum Gasteiger partial charge on any atom is -0.493 e. The van der Waals surface area contributed by atoms with Crippen LogP contribution in [0.1, 0.15) is 30.9 Å². The molecule has 7 heteroatoms. The van der Waals surface area contributed by atoms with Crippen molar-refractivity contribution in [2.75, 3.05) is 20.3 Å². The number of para-hydroxylation sites is 2. The third-order valence-electron chi connectivity index (χ3n) is 5.82. The fourth-order valence-electron chi connectivity index (χ4n) is 3.83. The van der Waals surface area contributed by atoms with Gasteiger partial charge in [-0.15, -0.1) is 0 Å². The van der Waals surface area contributed by atoms with Crippen molar-refractivity contribution in [3.8, 4) is 11.5 Å². The number of nitrogens with one attached hydrogen (secondary N) is 1. The van der Waals surface area contributed by atoms with Crippen LogP contribution in [0.2, 0.25) is 0 Å². The lowest BCUT2D eigenvalue weighted by Gasteiger charge is -2.31. The van der Waals surface area contributed by atoms with Crippen LogP contribution in [0.4, 0.5) is 4.39 Å². The average molecular weight is 493 g/mol. The van der Waals surface area contributed by atoms with E-state index < -0.39 is 17.8 Å². The SMILES string of the molecule is CCCCNC(=O)[C@@H](Cc1ccccc1)N(Cc1ccccc1F)C(=O)COc1ccccc1OC. The fraction of sp³-hybridized carbons (Fsp3) is 0.310. The van der Waals surface area contributed by atoms with Crippen LogP contribution in [0.3, 0.4) is 0 Å². The van der Waals surface area contributed by atoms with Gasteiger partial charge in [0.1, 0.15) is 11.9 Å². The lowest BCUT2D eigenvalue weighted by atomic mass is 10.0. The monoisotopic (exact) mass is 492 g/mol. The zero-order chi connectivity index (χ0) is 25.8. The molecule has 0 radical (unpaired) electrons. The molecule has 190 valence electrons. The van der Waals surface area contributed by atoms with Gasteiger partial charge in [0.2, 0.25) is 5.91 Å². The van der Waals surface area contributed by atoms with Crippen LogP contribution in [0, 0.1) is 5.82 Å². The third kappa shape index (κ3) is 7.57. The van der Waals surface area contributed by atoms with Crippen LogP contribution in [0.5, 0.6) is 11.5 Å². The van der Waals surface area contributed by atoms with Gasteiger partial charge >= 0.3 is 0 Å². The standard InChI is InChI=1S/C29H33FN2O4/c1-3-4-18-31-29(34)25(19-22-12-6-5-7-13-22)32(20-23-14-8-9-15-24(23)30)28(33)21-36-27-17-11-10-16-26(27)35-2/h5-17,25H,3-4,18-21H2,1-2H3,(H,31,34)/t25-/m1/s1. The van der Waals surface area contributed by atoms with E-state index >= 15 is 0 Å². The highest BCUT2D eigenvalue weighted by molar-refractivity contribution is 5.88. The molecular formula is C29H33FN2O4. The van der Waals surface area contributed by atoms with Crippen molar-refractivity contribution >= 4 is 11.8 Å². The van der Waals surface area contributed by atoms with Gasteiger partial charge in [-0.25, -0.2) is 4.39 Å². The van der Waals surface area contributed by atoms with E-state index in [1.807, 2.05) is 37.3 Å². The molecule has 0 aliphatic carbocycles. The van der Waals surface area contributed by atoms with E-state index in [0.717, 1.165) is 18.4 Å². The Kier molecular flexibility index (Phi) is 10.3. The van der Waals surface area contributed by atoms with Gasteiger partial charge in [0.05, 0.1) is 7.11 Å². The fourth-order valence-corrected chi connectivity index (χ4v) is 3.83. The molecule has 0 heterocycles. The van der Waals surface area contributed by atoms with Crippen LogP contribution < -0.4 is 14.8 Å². The number of hydrogen-bond acceptors (Lipinski definition) is 4. The van der Waals surface area contributed by atoms with Crippen molar-refractivity contribution in [3.05, 3.63) is 95.8 Å². The quantitative estimate of drug-likeness (QED) is 0.349. The Balaban J connectivity index is 1.91. The van der Waals surface area contributed by atoms with Crippen molar-refractivity contribution < 1.29 is 23.5 Å². The molecule has 2 amide bonds. The summed E-state index contributed by atoms with van der Waals surface area (Å²) in [5, 5.41) is 2.94. The van der Waals surface area contributed by atoms with Crippen LogP contribution in [0.25, 0.3) is 0 Å². The number of ether oxygens (including phenoxy) is 2. The molecule has 0 aliphatic heterocycles. The van der Waals surface area contributed by atoms with Gasteiger partial charge in [-0.2, -0.15) is 0 Å². The highest BCUT2D eigenvalue weighted by Crippen LogP contribution is 2.26. The number of carbonyl (C=O) groups is 2. The molecule has 3 aromatic carbocycles. The number of hydrogen-bond donors (Lipinski definition) is 1. The third-order valence-corrected chi connectivity index (χ3v) is 5.82. The molecule has 1 atom stereocenters. The first-order valence-corrected chi connectivity index (χ1v) is 12.1. The Morgan fingerprint density at radius 2 is 1.61 bits per heavy atom. The number of unbranched alkanes of at least 4 members (excludes halogenated alkanes) is 1. The summed E-state index contributed by atoms with van der Waals surface area (Å²) in [7, 11) is 1.52. The summed E-state index contributed by atoms with van der Waals surface area (Å²) in [4.78, 5) is 28.3. The van der Waals surface area contributed by atoms with E-state index in [2.05, 4.69) is 5.32 Å². The first kappa shape index (κ1) is 26.7. The van der Waals surface area contributed by atoms with Gasteiger partial charge in [-0.3, -0.25) is 9.59 Å². The van der Waals surface area contributed by atoms with Crippen molar-refractivity contribution in [1.82, 2.24) is 10.2 Å². The zero-order valence-corrected chi connectivity index (χ0v) is 20.8. The van der Waals surface area contributed by atoms with Gasteiger partial charge < -0.3 is 19.7 Å². The smallest absolute Gasteiger partial charge is 0.261 e. The van der Waals surface area contributed by atoms with Gasteiger partial charge in [0.25, 0.3) is 5.91 Å². The summed E-state index contributed by atoms with van der Waals surface area (Å²) in [6.45, 7) is 2.14. The Hall–Kier alpha value is -3.87. The topological polar surface area (TPSA) is 67.9 Å². The summed E-state index contributed by atoms with van der Waals surface area (Å²) in [6.07, 6.45) is 2.03. The van der Waals surface area contributed by atoms with Gasteiger partial charge in [-0.1, -0.05) is 74.0 Å². The van der Waals surface area contributed by atoms with E-state index in [1.165, 1.54) is 18.1 Å². The van der Waals surface area contributed by atoms with E-state index in [4.69, 9.17) is 9.47 Å². The number of methoxy groups -OCH3 is 1. The number of rotatable bonds is 13.